The van der Waals surface area contributed by atoms with Crippen LogP contribution >= 0.6 is 0 Å². The fourth-order valence-corrected chi connectivity index (χ4v) is 5.98. The number of hydrogen-bond donors (Lipinski definition) is 2. The van der Waals surface area contributed by atoms with Gasteiger partial charge >= 0.3 is 0 Å². The second-order valence-corrected chi connectivity index (χ2v) is 11.2. The number of fused-ring (bicyclic) bond motifs is 1. The number of aliphatic hydroxyl groups is 1. The van der Waals surface area contributed by atoms with E-state index in [1.54, 1.807) is 18.5 Å². The zero-order valence-corrected chi connectivity index (χ0v) is 23.2. The van der Waals surface area contributed by atoms with Crippen LogP contribution in [-0.2, 0) is 33.0 Å². The van der Waals surface area contributed by atoms with Gasteiger partial charge in [0.1, 0.15) is 12.4 Å². The van der Waals surface area contributed by atoms with E-state index in [4.69, 9.17) is 4.74 Å². The smallest absolute Gasteiger partial charge is 0.251 e. The van der Waals surface area contributed by atoms with Gasteiger partial charge in [0.25, 0.3) is 5.91 Å². The third-order valence-corrected chi connectivity index (χ3v) is 8.28. The first-order chi connectivity index (χ1) is 19.0. The molecule has 8 heteroatoms. The van der Waals surface area contributed by atoms with Crippen LogP contribution in [0, 0.1) is 12.8 Å². The predicted molar refractivity (Wildman–Crippen MR) is 151 cm³/mol. The highest BCUT2D eigenvalue weighted by molar-refractivity contribution is 5.94. The Morgan fingerprint density at radius 3 is 2.82 bits per heavy atom. The molecule has 0 unspecified atom stereocenters. The monoisotopic (exact) mass is 531 g/mol. The van der Waals surface area contributed by atoms with Crippen molar-refractivity contribution in [3.05, 3.63) is 76.4 Å². The maximum atomic E-state index is 12.8. The van der Waals surface area contributed by atoms with E-state index in [0.29, 0.717) is 24.6 Å². The molecule has 39 heavy (non-hydrogen) atoms. The number of aryl methyl sites for hydroxylation is 1. The van der Waals surface area contributed by atoms with E-state index in [1.165, 1.54) is 48.8 Å². The molecule has 3 heterocycles. The molecule has 0 saturated heterocycles. The lowest BCUT2D eigenvalue weighted by Crippen LogP contribution is -2.42. The molecule has 1 saturated carbocycles. The highest BCUT2D eigenvalue weighted by Gasteiger charge is 2.22. The van der Waals surface area contributed by atoms with Crippen LogP contribution in [0.1, 0.15) is 70.5 Å². The lowest BCUT2D eigenvalue weighted by Gasteiger charge is -2.31. The molecule has 0 radical (unpaired) electrons. The number of hydrogen-bond acceptors (Lipinski definition) is 6. The summed E-state index contributed by atoms with van der Waals surface area (Å²) in [7, 11) is 1.92. The lowest BCUT2D eigenvalue weighted by atomic mass is 9.86. The van der Waals surface area contributed by atoms with E-state index in [2.05, 4.69) is 33.3 Å². The number of β-amino-alcohol motifs (C(OH)–C–C–N with tert-alkyl or cyclic N) is 1. The Labute approximate surface area is 231 Å². The Morgan fingerprint density at radius 2 is 2.03 bits per heavy atom. The summed E-state index contributed by atoms with van der Waals surface area (Å²) in [6.45, 7) is 4.98. The van der Waals surface area contributed by atoms with Crippen molar-refractivity contribution in [3.63, 3.8) is 0 Å². The number of benzene rings is 1. The summed E-state index contributed by atoms with van der Waals surface area (Å²) in [6.07, 6.45) is 11.2. The van der Waals surface area contributed by atoms with Gasteiger partial charge in [0.15, 0.2) is 0 Å². The van der Waals surface area contributed by atoms with Crippen molar-refractivity contribution in [2.75, 3.05) is 19.6 Å². The highest BCUT2D eigenvalue weighted by atomic mass is 16.5. The average Bonchev–Trinajstić information content (AvgIpc) is 3.36. The van der Waals surface area contributed by atoms with E-state index < -0.39 is 6.10 Å². The van der Waals surface area contributed by atoms with E-state index >= 15 is 0 Å². The summed E-state index contributed by atoms with van der Waals surface area (Å²) in [6, 6.07) is 9.81. The first-order valence-corrected chi connectivity index (χ1v) is 14.3. The molecule has 2 aromatic heterocycles. The van der Waals surface area contributed by atoms with Crippen molar-refractivity contribution in [3.8, 4) is 5.75 Å². The molecule has 8 nitrogen and oxygen atoms in total. The van der Waals surface area contributed by atoms with E-state index in [0.717, 1.165) is 43.1 Å². The van der Waals surface area contributed by atoms with Gasteiger partial charge in [-0.25, -0.2) is 0 Å². The first-order valence-electron chi connectivity index (χ1n) is 14.3. The van der Waals surface area contributed by atoms with Crippen LogP contribution in [0.15, 0.2) is 42.7 Å². The average molecular weight is 532 g/mol. The zero-order chi connectivity index (χ0) is 27.2. The number of amides is 1. The maximum absolute atomic E-state index is 12.8. The van der Waals surface area contributed by atoms with Crippen LogP contribution < -0.4 is 10.1 Å². The molecule has 1 atom stereocenters. The number of nitrogens with one attached hydrogen (secondary N) is 1. The summed E-state index contributed by atoms with van der Waals surface area (Å²) in [5, 5.41) is 17.8. The fourth-order valence-electron chi connectivity index (χ4n) is 5.98. The number of nitrogens with zero attached hydrogens (tertiary/aromatic N) is 4. The standard InChI is InChI=1S/C31H41N5O3/c1-22-29-12-15-36(19-25(29)8-9-30(22)39-21-27-11-14-34-35(27)2)20-28(37)18-33-31(38)24-10-13-32-26(17-24)16-23-6-4-3-5-7-23/h8-11,13-14,17,23,28,37H,3-7,12,15-16,18-21H2,1-2H3,(H,33,38)/t28-/m0/s1. The minimum atomic E-state index is -0.637. The molecule has 1 aliphatic heterocycles. The number of carbonyl (C=O) groups excluding carboxylic acids is 1. The largest absolute Gasteiger partial charge is 0.487 e. The molecule has 0 spiro atoms. The number of carbonyl (C=O) groups is 1. The molecule has 1 fully saturated rings. The van der Waals surface area contributed by atoms with Crippen molar-refractivity contribution in [2.45, 2.75) is 71.1 Å². The normalized spacial score (nSPS) is 17.0. The van der Waals surface area contributed by atoms with Crippen LogP contribution in [0.2, 0.25) is 0 Å². The van der Waals surface area contributed by atoms with Gasteiger partial charge in [0, 0.05) is 56.9 Å². The van der Waals surface area contributed by atoms with Gasteiger partial charge in [0.2, 0.25) is 0 Å². The molecule has 1 aromatic carbocycles. The Hall–Kier alpha value is -3.23. The van der Waals surface area contributed by atoms with Gasteiger partial charge in [-0.2, -0.15) is 5.10 Å². The lowest BCUT2D eigenvalue weighted by molar-refractivity contribution is 0.0841. The van der Waals surface area contributed by atoms with Crippen molar-refractivity contribution in [1.29, 1.82) is 0 Å². The van der Waals surface area contributed by atoms with Gasteiger partial charge in [-0.05, 0) is 66.6 Å². The van der Waals surface area contributed by atoms with Gasteiger partial charge in [-0.1, -0.05) is 38.2 Å². The molecule has 2 N–H and O–H groups in total. The van der Waals surface area contributed by atoms with Gasteiger partial charge in [0.05, 0.1) is 11.8 Å². The summed E-state index contributed by atoms with van der Waals surface area (Å²) in [4.78, 5) is 19.5. The number of ether oxygens (including phenoxy) is 1. The van der Waals surface area contributed by atoms with Gasteiger partial charge in [-0.15, -0.1) is 0 Å². The van der Waals surface area contributed by atoms with Crippen LogP contribution in [0.25, 0.3) is 0 Å². The van der Waals surface area contributed by atoms with Crippen LogP contribution in [0.5, 0.6) is 5.75 Å². The minimum Gasteiger partial charge on any atom is -0.487 e. The molecule has 5 rings (SSSR count). The van der Waals surface area contributed by atoms with E-state index in [-0.39, 0.29) is 12.5 Å². The van der Waals surface area contributed by atoms with Crippen LogP contribution in [0.3, 0.4) is 0 Å². The molecular formula is C31H41N5O3. The summed E-state index contributed by atoms with van der Waals surface area (Å²) < 4.78 is 7.92. The third kappa shape index (κ3) is 7.05. The number of aliphatic hydroxyl groups excluding tert-OH is 1. The topological polar surface area (TPSA) is 92.5 Å². The molecule has 208 valence electrons. The Balaban J connectivity index is 1.09. The van der Waals surface area contributed by atoms with Crippen LogP contribution in [-0.4, -0.2) is 56.4 Å². The fraction of sp³-hybridized carbons (Fsp3) is 0.516. The SMILES string of the molecule is Cc1c(OCc2ccnn2C)ccc2c1CCN(C[C@@H](O)CNC(=O)c1ccnc(CC3CCCCC3)c1)C2. The Kier molecular flexibility index (Phi) is 8.94. The molecular weight excluding hydrogens is 490 g/mol. The highest BCUT2D eigenvalue weighted by Crippen LogP contribution is 2.30. The Morgan fingerprint density at radius 1 is 1.18 bits per heavy atom. The van der Waals surface area contributed by atoms with Crippen molar-refractivity contribution in [2.24, 2.45) is 13.0 Å². The number of rotatable bonds is 10. The second-order valence-electron chi connectivity index (χ2n) is 11.2. The molecule has 2 aliphatic rings. The molecule has 3 aromatic rings. The summed E-state index contributed by atoms with van der Waals surface area (Å²) in [5.41, 5.74) is 6.42. The van der Waals surface area contributed by atoms with E-state index in [1.807, 2.05) is 29.9 Å². The van der Waals surface area contributed by atoms with Crippen molar-refractivity contribution in [1.82, 2.24) is 25.0 Å². The summed E-state index contributed by atoms with van der Waals surface area (Å²) >= 11 is 0. The number of pyridine rings is 1. The van der Waals surface area contributed by atoms with Crippen LogP contribution in [0.4, 0.5) is 0 Å². The Bertz CT molecular complexity index is 1270. The first kappa shape index (κ1) is 27.3. The molecule has 1 aliphatic carbocycles. The van der Waals surface area contributed by atoms with Gasteiger partial charge in [-0.3, -0.25) is 19.4 Å². The minimum absolute atomic E-state index is 0.153. The quantitative estimate of drug-likeness (QED) is 0.411. The predicted octanol–water partition coefficient (Wildman–Crippen LogP) is 3.97. The summed E-state index contributed by atoms with van der Waals surface area (Å²) in [5.74, 6) is 1.43. The molecule has 0 bridgehead atoms. The van der Waals surface area contributed by atoms with Crippen molar-refractivity contribution >= 4 is 5.91 Å². The van der Waals surface area contributed by atoms with E-state index in [9.17, 15) is 9.90 Å². The maximum Gasteiger partial charge on any atom is 0.251 e. The molecule has 1 amide bonds. The zero-order valence-electron chi connectivity index (χ0n) is 23.2. The number of aromatic nitrogens is 3. The van der Waals surface area contributed by atoms with Gasteiger partial charge < -0.3 is 15.2 Å². The van der Waals surface area contributed by atoms with Crippen molar-refractivity contribution < 1.29 is 14.6 Å². The third-order valence-electron chi connectivity index (χ3n) is 8.28. The second kappa shape index (κ2) is 12.7.